The first kappa shape index (κ1) is 40.1. The summed E-state index contributed by atoms with van der Waals surface area (Å²) >= 11 is 0. The predicted molar refractivity (Wildman–Crippen MR) is 206 cm³/mol. The zero-order valence-corrected chi connectivity index (χ0v) is 32.3. The number of nitrogens with one attached hydrogen (secondary N) is 1. The molecule has 48 heavy (non-hydrogen) atoms. The molecule has 3 nitrogen and oxygen atoms in total. The van der Waals surface area contributed by atoms with Crippen LogP contribution in [0.4, 0.5) is 5.69 Å². The van der Waals surface area contributed by atoms with Crippen molar-refractivity contribution in [1.29, 1.82) is 0 Å². The molecule has 6 heteroatoms. The van der Waals surface area contributed by atoms with E-state index < -0.39 is 0 Å². The molecular formula is C42H53ClNO2PPd-. The molecule has 0 aliphatic heterocycles. The van der Waals surface area contributed by atoms with Crippen LogP contribution in [-0.2, 0) is 20.4 Å². The zero-order valence-electron chi connectivity index (χ0n) is 29.0. The van der Waals surface area contributed by atoms with Crippen LogP contribution in [0.15, 0.2) is 91.0 Å². The van der Waals surface area contributed by atoms with Gasteiger partial charge in [0.05, 0.1) is 17.8 Å². The Bertz CT molecular complexity index is 1460. The Kier molecular flexibility index (Phi) is 17.0. The molecule has 0 spiro atoms. The second kappa shape index (κ2) is 20.4. The van der Waals surface area contributed by atoms with Crippen LogP contribution in [-0.4, -0.2) is 23.5 Å². The molecular weight excluding hydrogens is 723 g/mol. The summed E-state index contributed by atoms with van der Waals surface area (Å²) in [4.78, 5) is 0. The molecule has 1 radical (unpaired) electrons. The number of ether oxygens (including phenoxy) is 2. The van der Waals surface area contributed by atoms with Crippen molar-refractivity contribution in [3.63, 3.8) is 0 Å². The van der Waals surface area contributed by atoms with E-state index in [1.54, 1.807) is 11.4 Å². The number of hydrogen-bond acceptors (Lipinski definition) is 2. The Hall–Kier alpha value is -2.34. The fourth-order valence-electron chi connectivity index (χ4n) is 7.08. The van der Waals surface area contributed by atoms with E-state index in [2.05, 4.69) is 76.2 Å². The summed E-state index contributed by atoms with van der Waals surface area (Å²) in [7, 11) is -0.213. The first-order valence-corrected chi connectivity index (χ1v) is 19.0. The molecule has 0 aromatic heterocycles. The van der Waals surface area contributed by atoms with Crippen molar-refractivity contribution in [2.45, 2.75) is 115 Å². The van der Waals surface area contributed by atoms with E-state index in [0.717, 1.165) is 39.5 Å². The molecule has 0 atom stereocenters. The number of hydrogen-bond donors (Lipinski definition) is 0. The third-order valence-electron chi connectivity index (χ3n) is 9.03. The van der Waals surface area contributed by atoms with Crippen molar-refractivity contribution >= 4 is 31.3 Å². The zero-order chi connectivity index (χ0) is 32.3. The summed E-state index contributed by atoms with van der Waals surface area (Å²) in [5.74, 6) is 1.91. The van der Waals surface area contributed by atoms with E-state index in [4.69, 9.17) is 15.2 Å². The van der Waals surface area contributed by atoms with Gasteiger partial charge in [-0.2, -0.15) is 0 Å². The minimum Gasteiger partial charge on any atom is -0.698 e. The van der Waals surface area contributed by atoms with Gasteiger partial charge in [-0.15, -0.1) is 18.1 Å². The molecule has 0 saturated heterocycles. The summed E-state index contributed by atoms with van der Waals surface area (Å²) < 4.78 is 12.7. The Labute approximate surface area is 311 Å². The van der Waals surface area contributed by atoms with E-state index in [1.807, 2.05) is 42.5 Å². The first-order valence-electron chi connectivity index (χ1n) is 17.5. The molecule has 4 aromatic rings. The molecule has 6 rings (SSSR count). The summed E-state index contributed by atoms with van der Waals surface area (Å²) in [5, 5.41) is 1.60. The third-order valence-corrected chi connectivity index (χ3v) is 12.6. The number of halogens is 1. The van der Waals surface area contributed by atoms with Gasteiger partial charge in [-0.1, -0.05) is 125 Å². The Balaban J connectivity index is 0.000000350. The summed E-state index contributed by atoms with van der Waals surface area (Å²) in [5.41, 5.74) is 14.4. The van der Waals surface area contributed by atoms with Gasteiger partial charge in [-0.3, -0.25) is 0 Å². The van der Waals surface area contributed by atoms with Crippen LogP contribution in [0.25, 0.3) is 28.0 Å². The summed E-state index contributed by atoms with van der Waals surface area (Å²) in [6, 6.07) is 34.0. The second-order valence-corrected chi connectivity index (χ2v) is 16.0. The molecule has 1 N–H and O–H groups in total. The van der Waals surface area contributed by atoms with Gasteiger partial charge in [-0.05, 0) is 105 Å². The topological polar surface area (TPSA) is 42.3 Å². The van der Waals surface area contributed by atoms with Gasteiger partial charge in [0.15, 0.2) is 0 Å². The van der Waals surface area contributed by atoms with Gasteiger partial charge in [0.2, 0.25) is 0 Å². The molecule has 0 heterocycles. The van der Waals surface area contributed by atoms with Crippen molar-refractivity contribution in [3.05, 3.63) is 103 Å². The van der Waals surface area contributed by atoms with Crippen LogP contribution in [0.5, 0.6) is 11.5 Å². The molecule has 261 valence electrons. The Morgan fingerprint density at radius 2 is 1.12 bits per heavy atom. The van der Waals surface area contributed by atoms with Crippen molar-refractivity contribution in [2.24, 2.45) is 0 Å². The molecule has 2 aliphatic rings. The van der Waals surface area contributed by atoms with Gasteiger partial charge in [-0.25, -0.2) is 0 Å². The largest absolute Gasteiger partial charge is 0.698 e. The van der Waals surface area contributed by atoms with Crippen molar-refractivity contribution < 1.29 is 29.9 Å². The van der Waals surface area contributed by atoms with Gasteiger partial charge in [0, 0.05) is 20.4 Å². The summed E-state index contributed by atoms with van der Waals surface area (Å²) in [6.45, 7) is 8.45. The maximum absolute atomic E-state index is 7.69. The van der Waals surface area contributed by atoms with Crippen molar-refractivity contribution in [2.75, 3.05) is 0 Å². The monoisotopic (exact) mass is 775 g/mol. The van der Waals surface area contributed by atoms with E-state index in [1.165, 1.54) is 69.8 Å². The molecule has 4 aromatic carbocycles. The van der Waals surface area contributed by atoms with Crippen molar-refractivity contribution in [1.82, 2.24) is 0 Å². The summed E-state index contributed by atoms with van der Waals surface area (Å²) in [6.07, 6.45) is 14.4. The molecule has 0 amide bonds. The second-order valence-electron chi connectivity index (χ2n) is 13.3. The molecule has 2 fully saturated rings. The SMILES string of the molecule is CC(C)Oc1cccc(OC(C)C)c1-c1ccccc1P(C1CCCCC1)C1CCCCC1.Cl.[NH-]c1ccccc1-c1[c]cccc1.[Pd]. The van der Waals surface area contributed by atoms with E-state index in [-0.39, 0.29) is 53.0 Å². The van der Waals surface area contributed by atoms with E-state index in [9.17, 15) is 0 Å². The van der Waals surface area contributed by atoms with Crippen LogP contribution in [0.3, 0.4) is 0 Å². The third kappa shape index (κ3) is 10.8. The first-order chi connectivity index (χ1) is 22.4. The van der Waals surface area contributed by atoms with E-state index in [0.29, 0.717) is 5.69 Å². The smallest absolute Gasteiger partial charge is 0.131 e. The predicted octanol–water partition coefficient (Wildman–Crippen LogP) is 13.0. The average Bonchev–Trinajstić information content (AvgIpc) is 3.07. The Morgan fingerprint density at radius 1 is 0.625 bits per heavy atom. The maximum atomic E-state index is 7.69. The van der Waals surface area contributed by atoms with E-state index >= 15 is 0 Å². The fraction of sp³-hybridized carbons (Fsp3) is 0.429. The van der Waals surface area contributed by atoms with Crippen LogP contribution < -0.4 is 14.8 Å². The maximum Gasteiger partial charge on any atom is 0.131 e. The molecule has 2 saturated carbocycles. The van der Waals surface area contributed by atoms with Crippen molar-refractivity contribution in [3.8, 4) is 33.8 Å². The molecule has 0 bridgehead atoms. The molecule has 2 aliphatic carbocycles. The normalized spacial score (nSPS) is 15.2. The Morgan fingerprint density at radius 3 is 1.62 bits per heavy atom. The van der Waals surface area contributed by atoms with Gasteiger partial charge < -0.3 is 15.2 Å². The fourth-order valence-corrected chi connectivity index (χ4v) is 11.0. The standard InChI is InChI=1S/C30H43O2P.C12H9N.ClH.Pd/c1-22(2)31-27-19-13-20-28(32-23(3)4)30(27)26-18-11-12-21-29(26)33(24-14-7-5-8-15-24)25-16-9-6-10-17-25;13-12-9-5-4-8-11(12)10-6-2-1-3-7-10;;/h11-13,18-25H,5-10,14-17H2,1-4H3;1-6,8-9,13H;1H;/q;-1;;. The molecule has 0 unspecified atom stereocenters. The van der Waals surface area contributed by atoms with Gasteiger partial charge in [0.25, 0.3) is 0 Å². The number of benzene rings is 4. The quantitative estimate of drug-likeness (QED) is 0.125. The average molecular weight is 777 g/mol. The van der Waals surface area contributed by atoms with Crippen LogP contribution in [0, 0.1) is 6.07 Å². The van der Waals surface area contributed by atoms with Crippen LogP contribution >= 0.6 is 20.3 Å². The van der Waals surface area contributed by atoms with Gasteiger partial charge in [0.1, 0.15) is 11.5 Å². The van der Waals surface area contributed by atoms with Crippen LogP contribution in [0.2, 0.25) is 0 Å². The van der Waals surface area contributed by atoms with Crippen LogP contribution in [0.1, 0.15) is 91.9 Å². The minimum absolute atomic E-state index is 0. The van der Waals surface area contributed by atoms with Gasteiger partial charge >= 0.3 is 0 Å². The number of rotatable bonds is 9. The minimum atomic E-state index is -0.213.